The lowest BCUT2D eigenvalue weighted by molar-refractivity contribution is 0.308. The number of hydrogen-bond donors (Lipinski definition) is 1. The van der Waals surface area contributed by atoms with Crippen LogP contribution in [0, 0.1) is 0 Å². The Morgan fingerprint density at radius 3 is 2.95 bits per heavy atom. The number of aromatic nitrogens is 1. The summed E-state index contributed by atoms with van der Waals surface area (Å²) in [5.41, 5.74) is 1.34. The summed E-state index contributed by atoms with van der Waals surface area (Å²) < 4.78 is 11.3. The van der Waals surface area contributed by atoms with Crippen LogP contribution in [-0.4, -0.2) is 16.7 Å². The molecule has 0 aromatic heterocycles. The van der Waals surface area contributed by atoms with E-state index in [1.54, 1.807) is 6.07 Å². The fourth-order valence-electron chi connectivity index (χ4n) is 2.10. The lowest BCUT2D eigenvalue weighted by atomic mass is 10.2. The topological polar surface area (TPSA) is 72.6 Å². The first-order valence-corrected chi connectivity index (χ1v) is 6.88. The first kappa shape index (κ1) is 13.4. The van der Waals surface area contributed by atoms with Gasteiger partial charge in [-0.15, -0.1) is 0 Å². The SMILES string of the molecule is CCCCOc1cc(=O)cc2oc3cc(O)ccc3nc1-2. The zero-order valence-corrected chi connectivity index (χ0v) is 11.6. The average Bonchev–Trinajstić information content (AvgIpc) is 2.45. The van der Waals surface area contributed by atoms with Gasteiger partial charge in [0.2, 0.25) is 0 Å². The normalized spacial score (nSPS) is 11.1. The summed E-state index contributed by atoms with van der Waals surface area (Å²) in [4.78, 5) is 16.2. The van der Waals surface area contributed by atoms with Crippen LogP contribution >= 0.6 is 0 Å². The van der Waals surface area contributed by atoms with Crippen LogP contribution in [0.3, 0.4) is 0 Å². The number of unbranched alkanes of at least 4 members (excludes halogenated alkanes) is 1. The number of hydrogen-bond acceptors (Lipinski definition) is 5. The third-order valence-corrected chi connectivity index (χ3v) is 3.16. The number of phenols is 1. The zero-order chi connectivity index (χ0) is 14.8. The number of ether oxygens (including phenoxy) is 1. The highest BCUT2D eigenvalue weighted by Crippen LogP contribution is 2.32. The van der Waals surface area contributed by atoms with E-state index in [2.05, 4.69) is 11.9 Å². The molecule has 21 heavy (non-hydrogen) atoms. The minimum absolute atomic E-state index is 0.0881. The molecule has 3 rings (SSSR count). The molecule has 0 spiro atoms. The number of rotatable bonds is 4. The third kappa shape index (κ3) is 2.67. The molecule has 108 valence electrons. The summed E-state index contributed by atoms with van der Waals surface area (Å²) in [5.74, 6) is 0.877. The molecule has 5 heteroatoms. The third-order valence-electron chi connectivity index (χ3n) is 3.16. The van der Waals surface area contributed by atoms with Crippen molar-refractivity contribution in [1.82, 2.24) is 4.98 Å². The van der Waals surface area contributed by atoms with Gasteiger partial charge in [0.25, 0.3) is 0 Å². The largest absolute Gasteiger partial charge is 0.508 e. The molecule has 1 aliphatic heterocycles. The molecule has 1 heterocycles. The van der Waals surface area contributed by atoms with E-state index in [-0.39, 0.29) is 11.2 Å². The summed E-state index contributed by atoms with van der Waals surface area (Å²) in [5, 5.41) is 9.48. The van der Waals surface area contributed by atoms with Gasteiger partial charge in [-0.25, -0.2) is 4.98 Å². The molecule has 0 saturated heterocycles. The number of aromatic hydroxyl groups is 1. The smallest absolute Gasteiger partial charge is 0.186 e. The van der Waals surface area contributed by atoms with Crippen LogP contribution in [0.25, 0.3) is 22.6 Å². The molecular weight excluding hydrogens is 270 g/mol. The van der Waals surface area contributed by atoms with Crippen molar-refractivity contribution in [3.8, 4) is 23.0 Å². The minimum Gasteiger partial charge on any atom is -0.508 e. The van der Waals surface area contributed by atoms with Gasteiger partial charge in [-0.2, -0.15) is 0 Å². The molecule has 0 atom stereocenters. The van der Waals surface area contributed by atoms with Crippen LogP contribution in [0.5, 0.6) is 11.5 Å². The van der Waals surface area contributed by atoms with E-state index >= 15 is 0 Å². The number of nitrogens with zero attached hydrogens (tertiary/aromatic N) is 1. The van der Waals surface area contributed by atoms with Gasteiger partial charge in [0.15, 0.2) is 22.5 Å². The van der Waals surface area contributed by atoms with E-state index in [1.165, 1.54) is 24.3 Å². The summed E-state index contributed by atoms with van der Waals surface area (Å²) in [7, 11) is 0. The molecular formula is C16H15NO4. The van der Waals surface area contributed by atoms with Gasteiger partial charge in [0.05, 0.1) is 6.61 Å². The first-order chi connectivity index (χ1) is 10.2. The zero-order valence-electron chi connectivity index (χ0n) is 11.6. The van der Waals surface area contributed by atoms with E-state index in [4.69, 9.17) is 9.15 Å². The quantitative estimate of drug-likeness (QED) is 0.588. The van der Waals surface area contributed by atoms with E-state index in [0.29, 0.717) is 34.9 Å². The Balaban J connectivity index is 2.16. The lowest BCUT2D eigenvalue weighted by Gasteiger charge is -2.12. The highest BCUT2D eigenvalue weighted by atomic mass is 16.5. The Labute approximate surface area is 121 Å². The van der Waals surface area contributed by atoms with Gasteiger partial charge in [0.1, 0.15) is 17.0 Å². The summed E-state index contributed by atoms with van der Waals surface area (Å²) in [6.45, 7) is 2.60. The standard InChI is InChI=1S/C16H15NO4/c1-2-3-6-20-14-8-11(19)9-15-16(14)17-12-5-4-10(18)7-13(12)21-15/h4-5,7-9,18H,2-3,6H2,1H3. The van der Waals surface area contributed by atoms with Crippen LogP contribution in [0.4, 0.5) is 0 Å². The molecule has 0 radical (unpaired) electrons. The highest BCUT2D eigenvalue weighted by molar-refractivity contribution is 5.79. The molecule has 1 aliphatic carbocycles. The highest BCUT2D eigenvalue weighted by Gasteiger charge is 2.16. The molecule has 2 aliphatic rings. The second kappa shape index (κ2) is 5.44. The minimum atomic E-state index is -0.195. The second-order valence-corrected chi connectivity index (χ2v) is 4.84. The molecule has 1 N–H and O–H groups in total. The van der Waals surface area contributed by atoms with Crippen LogP contribution in [-0.2, 0) is 0 Å². The van der Waals surface area contributed by atoms with E-state index < -0.39 is 0 Å². The van der Waals surface area contributed by atoms with Crippen molar-refractivity contribution < 1.29 is 14.3 Å². The van der Waals surface area contributed by atoms with Gasteiger partial charge in [-0.05, 0) is 18.6 Å². The molecule has 0 unspecified atom stereocenters. The predicted molar refractivity (Wildman–Crippen MR) is 79.0 cm³/mol. The number of fused-ring (bicyclic) bond motifs is 2. The maximum absolute atomic E-state index is 11.7. The predicted octanol–water partition coefficient (Wildman–Crippen LogP) is 3.18. The van der Waals surface area contributed by atoms with Crippen LogP contribution in [0.1, 0.15) is 19.8 Å². The summed E-state index contributed by atoms with van der Waals surface area (Å²) in [6, 6.07) is 7.47. The molecule has 0 saturated carbocycles. The Morgan fingerprint density at radius 1 is 1.29 bits per heavy atom. The molecule has 0 amide bonds. The number of phenolic OH excluding ortho intramolecular Hbond substituents is 1. The van der Waals surface area contributed by atoms with E-state index in [0.717, 1.165) is 12.8 Å². The van der Waals surface area contributed by atoms with Crippen molar-refractivity contribution in [2.24, 2.45) is 0 Å². The molecule has 0 bridgehead atoms. The van der Waals surface area contributed by atoms with Gasteiger partial charge in [-0.1, -0.05) is 13.3 Å². The first-order valence-electron chi connectivity index (χ1n) is 6.88. The van der Waals surface area contributed by atoms with Gasteiger partial charge in [-0.3, -0.25) is 4.79 Å². The van der Waals surface area contributed by atoms with Crippen molar-refractivity contribution >= 4 is 11.1 Å². The Bertz CT molecular complexity index is 809. The van der Waals surface area contributed by atoms with Gasteiger partial charge < -0.3 is 14.3 Å². The molecule has 0 fully saturated rings. The Morgan fingerprint density at radius 2 is 2.14 bits per heavy atom. The maximum Gasteiger partial charge on any atom is 0.186 e. The lowest BCUT2D eigenvalue weighted by Crippen LogP contribution is -2.06. The molecule has 1 aromatic carbocycles. The Kier molecular flexibility index (Phi) is 3.48. The van der Waals surface area contributed by atoms with Crippen molar-refractivity contribution in [3.63, 3.8) is 0 Å². The molecule has 1 aromatic rings. The fraction of sp³-hybridized carbons (Fsp3) is 0.250. The van der Waals surface area contributed by atoms with E-state index in [1.807, 2.05) is 0 Å². The van der Waals surface area contributed by atoms with Crippen LogP contribution in [0.15, 0.2) is 39.5 Å². The molecule has 5 nitrogen and oxygen atoms in total. The van der Waals surface area contributed by atoms with Crippen molar-refractivity contribution in [2.45, 2.75) is 19.8 Å². The van der Waals surface area contributed by atoms with E-state index in [9.17, 15) is 9.90 Å². The van der Waals surface area contributed by atoms with Crippen molar-refractivity contribution in [1.29, 1.82) is 0 Å². The number of benzene rings is 2. The maximum atomic E-state index is 11.7. The Hall–Kier alpha value is -2.56. The van der Waals surface area contributed by atoms with Crippen LogP contribution < -0.4 is 10.2 Å². The van der Waals surface area contributed by atoms with Crippen LogP contribution in [0.2, 0.25) is 0 Å². The average molecular weight is 285 g/mol. The summed E-state index contributed by atoms with van der Waals surface area (Å²) >= 11 is 0. The second-order valence-electron chi connectivity index (χ2n) is 4.84. The van der Waals surface area contributed by atoms with Crippen molar-refractivity contribution in [2.75, 3.05) is 6.61 Å². The monoisotopic (exact) mass is 285 g/mol. The van der Waals surface area contributed by atoms with Gasteiger partial charge >= 0.3 is 0 Å². The summed E-state index contributed by atoms with van der Waals surface area (Å²) in [6.07, 6.45) is 1.91. The van der Waals surface area contributed by atoms with Crippen molar-refractivity contribution in [3.05, 3.63) is 40.6 Å². The fourth-order valence-corrected chi connectivity index (χ4v) is 2.10. The van der Waals surface area contributed by atoms with Gasteiger partial charge in [0, 0.05) is 18.2 Å².